The van der Waals surface area contributed by atoms with E-state index in [4.69, 9.17) is 0 Å². The summed E-state index contributed by atoms with van der Waals surface area (Å²) in [7, 11) is 0. The molecule has 1 aromatic rings. The van der Waals surface area contributed by atoms with Gasteiger partial charge in [-0.15, -0.1) is 0 Å². The molecule has 0 saturated carbocycles. The first-order valence-corrected chi connectivity index (χ1v) is 12.3. The molecule has 0 heterocycles. The van der Waals surface area contributed by atoms with E-state index in [1.54, 1.807) is 0 Å². The molecule has 1 N–H and O–H groups in total. The van der Waals surface area contributed by atoms with Gasteiger partial charge in [0.1, 0.15) is 0 Å². The summed E-state index contributed by atoms with van der Waals surface area (Å²) in [6, 6.07) is 4.21. The molecule has 0 aromatic heterocycles. The largest absolute Gasteiger partial charge is 0.326 e. The van der Waals surface area contributed by atoms with Crippen LogP contribution in [0, 0.1) is 20.8 Å². The molecular weight excluding hydrogens is 402 g/mol. The van der Waals surface area contributed by atoms with Crippen molar-refractivity contribution in [1.29, 1.82) is 0 Å². The van der Waals surface area contributed by atoms with Crippen LogP contribution in [0.2, 0.25) is 0 Å². The van der Waals surface area contributed by atoms with Crippen molar-refractivity contribution in [2.75, 3.05) is 5.32 Å². The molecule has 2 heteroatoms. The first-order chi connectivity index (χ1) is 16.0. The second-order valence-electron chi connectivity index (χ2n) is 8.28. The molecular formula is C31H43NO. The zero-order chi connectivity index (χ0) is 24.2. The summed E-state index contributed by atoms with van der Waals surface area (Å²) < 4.78 is 0. The van der Waals surface area contributed by atoms with Gasteiger partial charge in [0.25, 0.3) is 0 Å². The molecule has 0 aliphatic heterocycles. The van der Waals surface area contributed by atoms with E-state index < -0.39 is 0 Å². The number of anilines is 1. The maximum atomic E-state index is 12.2. The van der Waals surface area contributed by atoms with E-state index in [0.29, 0.717) is 6.42 Å². The van der Waals surface area contributed by atoms with Gasteiger partial charge in [-0.05, 0) is 76.8 Å². The average Bonchev–Trinajstić information content (AvgIpc) is 2.77. The Labute approximate surface area is 202 Å². The number of carbonyl (C=O) groups excluding carboxylic acids is 1. The van der Waals surface area contributed by atoms with Crippen molar-refractivity contribution in [3.63, 3.8) is 0 Å². The van der Waals surface area contributed by atoms with Crippen molar-refractivity contribution in [3.05, 3.63) is 102 Å². The standard InChI is InChI=1S/C31H43NO/c1-5-6-7-8-9-10-11-12-13-14-15-16-17-18-19-20-21-22-23-24-30(33)32-31-28(3)25-27(2)26-29(31)4/h6-7,9-10,12-13,15-16,18-19,21-22,25-26H,5,8,11,14,17,20,23-24H2,1-4H3,(H,32,33)/b7-6+,10-9+,13-12+,16-15+,19-18+,22-21+. The molecule has 0 unspecified atom stereocenters. The van der Waals surface area contributed by atoms with Crippen LogP contribution in [0.3, 0.4) is 0 Å². The van der Waals surface area contributed by atoms with Gasteiger partial charge < -0.3 is 5.32 Å². The molecule has 0 aliphatic carbocycles. The fourth-order valence-electron chi connectivity index (χ4n) is 3.43. The molecule has 1 amide bonds. The van der Waals surface area contributed by atoms with Crippen molar-refractivity contribution in [1.82, 2.24) is 0 Å². The molecule has 0 atom stereocenters. The molecule has 178 valence electrons. The number of rotatable bonds is 15. The van der Waals surface area contributed by atoms with Gasteiger partial charge in [-0.25, -0.2) is 0 Å². The maximum Gasteiger partial charge on any atom is 0.224 e. The van der Waals surface area contributed by atoms with E-state index in [-0.39, 0.29) is 5.91 Å². The maximum absolute atomic E-state index is 12.2. The third-order valence-electron chi connectivity index (χ3n) is 5.08. The molecule has 0 spiro atoms. The molecule has 0 saturated heterocycles. The van der Waals surface area contributed by atoms with Crippen LogP contribution in [0.4, 0.5) is 5.69 Å². The van der Waals surface area contributed by atoms with Crippen LogP contribution in [0.15, 0.2) is 85.0 Å². The highest BCUT2D eigenvalue weighted by Gasteiger charge is 2.07. The monoisotopic (exact) mass is 445 g/mol. The lowest BCUT2D eigenvalue weighted by Gasteiger charge is -2.12. The smallest absolute Gasteiger partial charge is 0.224 e. The number of nitrogens with one attached hydrogen (secondary N) is 1. The van der Waals surface area contributed by atoms with Gasteiger partial charge in [-0.3, -0.25) is 4.79 Å². The van der Waals surface area contributed by atoms with Crippen LogP contribution in [0.1, 0.15) is 75.0 Å². The molecule has 0 bridgehead atoms. The number of allylic oxidation sites excluding steroid dienone is 12. The summed E-state index contributed by atoms with van der Waals surface area (Å²) in [4.78, 5) is 12.2. The fraction of sp³-hybridized carbons (Fsp3) is 0.387. The lowest BCUT2D eigenvalue weighted by Crippen LogP contribution is -2.13. The van der Waals surface area contributed by atoms with Gasteiger partial charge in [0.2, 0.25) is 5.91 Å². The third kappa shape index (κ3) is 14.7. The minimum atomic E-state index is 0.0737. The Kier molecular flexibility index (Phi) is 15.9. The van der Waals surface area contributed by atoms with E-state index >= 15 is 0 Å². The van der Waals surface area contributed by atoms with E-state index in [0.717, 1.165) is 61.8 Å². The van der Waals surface area contributed by atoms with Crippen LogP contribution >= 0.6 is 0 Å². The number of benzene rings is 1. The normalized spacial score (nSPS) is 12.6. The molecule has 1 aromatic carbocycles. The number of hydrogen-bond donors (Lipinski definition) is 1. The highest BCUT2D eigenvalue weighted by atomic mass is 16.1. The average molecular weight is 446 g/mol. The number of amides is 1. The Morgan fingerprint density at radius 2 is 1.06 bits per heavy atom. The van der Waals surface area contributed by atoms with E-state index in [2.05, 4.69) is 104 Å². The van der Waals surface area contributed by atoms with Gasteiger partial charge in [-0.2, -0.15) is 0 Å². The lowest BCUT2D eigenvalue weighted by molar-refractivity contribution is -0.116. The number of hydrogen-bond acceptors (Lipinski definition) is 1. The summed E-state index contributed by atoms with van der Waals surface area (Å²) in [6.07, 6.45) is 33.5. The van der Waals surface area contributed by atoms with Crippen molar-refractivity contribution in [3.8, 4) is 0 Å². The van der Waals surface area contributed by atoms with E-state index in [9.17, 15) is 4.79 Å². The Balaban J connectivity index is 2.10. The Hall–Kier alpha value is -2.87. The van der Waals surface area contributed by atoms with Crippen LogP contribution < -0.4 is 5.32 Å². The molecule has 1 rings (SSSR count). The Morgan fingerprint density at radius 1 is 0.667 bits per heavy atom. The minimum absolute atomic E-state index is 0.0737. The second kappa shape index (κ2) is 18.7. The second-order valence-corrected chi connectivity index (χ2v) is 8.28. The summed E-state index contributed by atoms with van der Waals surface area (Å²) in [6.45, 7) is 8.32. The summed E-state index contributed by atoms with van der Waals surface area (Å²) in [5, 5.41) is 3.06. The predicted octanol–water partition coefficient (Wildman–Crippen LogP) is 9.03. The number of carbonyl (C=O) groups is 1. The van der Waals surface area contributed by atoms with Crippen molar-refractivity contribution in [2.24, 2.45) is 0 Å². The van der Waals surface area contributed by atoms with Crippen LogP contribution in [-0.4, -0.2) is 5.91 Å². The fourth-order valence-corrected chi connectivity index (χ4v) is 3.43. The van der Waals surface area contributed by atoms with Gasteiger partial charge in [0.15, 0.2) is 0 Å². The molecule has 0 fully saturated rings. The topological polar surface area (TPSA) is 29.1 Å². The summed E-state index contributed by atoms with van der Waals surface area (Å²) in [5.74, 6) is 0.0737. The van der Waals surface area contributed by atoms with E-state index in [1.165, 1.54) is 5.56 Å². The molecule has 33 heavy (non-hydrogen) atoms. The van der Waals surface area contributed by atoms with Gasteiger partial charge >= 0.3 is 0 Å². The van der Waals surface area contributed by atoms with Crippen LogP contribution in [0.25, 0.3) is 0 Å². The predicted molar refractivity (Wildman–Crippen MR) is 147 cm³/mol. The third-order valence-corrected chi connectivity index (χ3v) is 5.08. The van der Waals surface area contributed by atoms with Crippen LogP contribution in [0.5, 0.6) is 0 Å². The van der Waals surface area contributed by atoms with Gasteiger partial charge in [-0.1, -0.05) is 97.5 Å². The highest BCUT2D eigenvalue weighted by molar-refractivity contribution is 5.92. The quantitative estimate of drug-likeness (QED) is 0.268. The Bertz CT molecular complexity index is 842. The zero-order valence-electron chi connectivity index (χ0n) is 21.1. The van der Waals surface area contributed by atoms with Crippen molar-refractivity contribution >= 4 is 11.6 Å². The molecule has 2 nitrogen and oxygen atoms in total. The van der Waals surface area contributed by atoms with Crippen molar-refractivity contribution in [2.45, 2.75) is 79.1 Å². The van der Waals surface area contributed by atoms with E-state index in [1.807, 2.05) is 13.8 Å². The lowest BCUT2D eigenvalue weighted by atomic mass is 10.0. The molecule has 0 aliphatic rings. The first-order valence-electron chi connectivity index (χ1n) is 12.3. The Morgan fingerprint density at radius 3 is 1.48 bits per heavy atom. The van der Waals surface area contributed by atoms with Crippen LogP contribution in [-0.2, 0) is 4.79 Å². The minimum Gasteiger partial charge on any atom is -0.326 e. The highest BCUT2D eigenvalue weighted by Crippen LogP contribution is 2.22. The number of aryl methyl sites for hydroxylation is 3. The van der Waals surface area contributed by atoms with Gasteiger partial charge in [0, 0.05) is 12.1 Å². The summed E-state index contributed by atoms with van der Waals surface area (Å²) >= 11 is 0. The first kappa shape index (κ1) is 28.2. The summed E-state index contributed by atoms with van der Waals surface area (Å²) in [5.41, 5.74) is 4.42. The zero-order valence-corrected chi connectivity index (χ0v) is 21.1. The molecule has 0 radical (unpaired) electrons. The van der Waals surface area contributed by atoms with Gasteiger partial charge in [0.05, 0.1) is 0 Å². The van der Waals surface area contributed by atoms with Crippen molar-refractivity contribution < 1.29 is 4.79 Å². The SMILES string of the molecule is CC/C=C/C/C=C/C/C=C/C/C=C/C/C=C/C/C=C/CCC(=O)Nc1c(C)cc(C)cc1C.